The number of hydrogen-bond donors (Lipinski definition) is 0. The van der Waals surface area contributed by atoms with Crippen LogP contribution in [0.25, 0.3) is 11.5 Å². The van der Waals surface area contributed by atoms with Crippen LogP contribution in [0.15, 0.2) is 34.4 Å². The maximum absolute atomic E-state index is 5.27. The number of aromatic nitrogens is 4. The number of methoxy groups -OCH3 is 1. The minimum Gasteiger partial charge on any atom is -0.377 e. The summed E-state index contributed by atoms with van der Waals surface area (Å²) in [7, 11) is 1.60. The number of ether oxygens (including phenoxy) is 1. The van der Waals surface area contributed by atoms with E-state index in [9.17, 15) is 0 Å². The quantitative estimate of drug-likeness (QED) is 0.692. The van der Waals surface area contributed by atoms with Crippen LogP contribution in [-0.4, -0.2) is 33.8 Å². The third-order valence-electron chi connectivity index (χ3n) is 4.27. The van der Waals surface area contributed by atoms with Gasteiger partial charge in [-0.25, -0.2) is 9.97 Å². The molecule has 7 nitrogen and oxygen atoms in total. The predicted molar refractivity (Wildman–Crippen MR) is 94.3 cm³/mol. The number of hydrogen-bond acceptors (Lipinski definition) is 8. The Morgan fingerprint density at radius 2 is 2.28 bits per heavy atom. The molecule has 3 aromatic heterocycles. The van der Waals surface area contributed by atoms with Crippen LogP contribution in [0.3, 0.4) is 0 Å². The summed E-state index contributed by atoms with van der Waals surface area (Å²) in [5.74, 6) is 1.95. The molecular formula is C17H19N5O2S. The molecule has 0 aliphatic carbocycles. The van der Waals surface area contributed by atoms with Gasteiger partial charge in [0.15, 0.2) is 5.82 Å². The molecule has 0 bridgehead atoms. The van der Waals surface area contributed by atoms with Gasteiger partial charge in [0.2, 0.25) is 0 Å². The number of nitrogens with zero attached hydrogens (tertiary/aromatic N) is 5. The third-order valence-corrected chi connectivity index (χ3v) is 5.15. The monoisotopic (exact) mass is 357 g/mol. The summed E-state index contributed by atoms with van der Waals surface area (Å²) in [5.41, 5.74) is 0.807. The summed E-state index contributed by atoms with van der Waals surface area (Å²) in [6.45, 7) is 1.33. The summed E-state index contributed by atoms with van der Waals surface area (Å²) in [4.78, 5) is 15.8. The van der Waals surface area contributed by atoms with Gasteiger partial charge in [-0.15, -0.1) is 11.3 Å². The second-order valence-corrected chi connectivity index (χ2v) is 6.86. The van der Waals surface area contributed by atoms with Gasteiger partial charge in [-0.2, -0.15) is 4.98 Å². The van der Waals surface area contributed by atoms with E-state index in [-0.39, 0.29) is 0 Å². The number of pyridine rings is 1. The van der Waals surface area contributed by atoms with Crippen LogP contribution in [0.5, 0.6) is 0 Å². The second kappa shape index (κ2) is 7.28. The maximum Gasteiger partial charge on any atom is 0.259 e. The Morgan fingerprint density at radius 1 is 1.32 bits per heavy atom. The van der Waals surface area contributed by atoms with E-state index in [0.717, 1.165) is 29.4 Å². The van der Waals surface area contributed by atoms with Crippen LogP contribution in [0.4, 0.5) is 5.82 Å². The third kappa shape index (κ3) is 3.40. The maximum atomic E-state index is 5.27. The number of thiazole rings is 1. The Kier molecular flexibility index (Phi) is 4.71. The van der Waals surface area contributed by atoms with Gasteiger partial charge >= 0.3 is 0 Å². The van der Waals surface area contributed by atoms with Crippen molar-refractivity contribution in [2.45, 2.75) is 31.9 Å². The number of piperidine rings is 1. The van der Waals surface area contributed by atoms with E-state index in [1.165, 1.54) is 12.8 Å². The molecule has 0 radical (unpaired) electrons. The lowest BCUT2D eigenvalue weighted by molar-refractivity contribution is 0.174. The summed E-state index contributed by atoms with van der Waals surface area (Å²) in [6.07, 6.45) is 7.17. The lowest BCUT2D eigenvalue weighted by Gasteiger charge is -2.35. The summed E-state index contributed by atoms with van der Waals surface area (Å²) in [6, 6.07) is 4.30. The molecule has 130 valence electrons. The molecule has 0 saturated carbocycles. The van der Waals surface area contributed by atoms with Crippen molar-refractivity contribution >= 4 is 17.2 Å². The molecule has 1 aliphatic rings. The molecule has 0 N–H and O–H groups in total. The Morgan fingerprint density at radius 3 is 3.04 bits per heavy atom. The minimum atomic E-state index is 0.309. The highest BCUT2D eigenvalue weighted by atomic mass is 32.1. The molecule has 1 atom stereocenters. The van der Waals surface area contributed by atoms with Gasteiger partial charge in [0.05, 0.1) is 11.6 Å². The molecule has 4 rings (SSSR count). The minimum absolute atomic E-state index is 0.309. The zero-order valence-corrected chi connectivity index (χ0v) is 14.8. The molecule has 0 amide bonds. The van der Waals surface area contributed by atoms with Gasteiger partial charge in [-0.3, -0.25) is 0 Å². The van der Waals surface area contributed by atoms with Crippen LogP contribution in [0.1, 0.15) is 36.1 Å². The normalized spacial score (nSPS) is 17.8. The van der Waals surface area contributed by atoms with Crippen molar-refractivity contribution in [2.75, 3.05) is 18.6 Å². The second-order valence-electron chi connectivity index (χ2n) is 5.93. The lowest BCUT2D eigenvalue weighted by Crippen LogP contribution is -2.33. The number of rotatable bonds is 5. The molecule has 0 unspecified atom stereocenters. The molecule has 1 saturated heterocycles. The summed E-state index contributed by atoms with van der Waals surface area (Å²) >= 11 is 1.71. The Bertz CT molecular complexity index is 803. The van der Waals surface area contributed by atoms with Gasteiger partial charge in [0, 0.05) is 31.4 Å². The topological polar surface area (TPSA) is 77.2 Å². The average Bonchev–Trinajstić information content (AvgIpc) is 3.34. The fourth-order valence-corrected chi connectivity index (χ4v) is 3.89. The Hall–Kier alpha value is -2.32. The zero-order chi connectivity index (χ0) is 17.1. The van der Waals surface area contributed by atoms with Crippen LogP contribution in [-0.2, 0) is 11.3 Å². The van der Waals surface area contributed by atoms with Gasteiger partial charge in [0.25, 0.3) is 5.89 Å². The van der Waals surface area contributed by atoms with Gasteiger partial charge in [-0.05, 0) is 31.4 Å². The highest BCUT2D eigenvalue weighted by molar-refractivity contribution is 7.09. The van der Waals surface area contributed by atoms with Crippen LogP contribution >= 0.6 is 11.3 Å². The molecule has 0 aromatic carbocycles. The van der Waals surface area contributed by atoms with E-state index in [0.29, 0.717) is 24.4 Å². The number of anilines is 1. The van der Waals surface area contributed by atoms with E-state index in [1.807, 2.05) is 23.7 Å². The SMILES string of the molecule is COCc1noc(-c2ccc(N3CCCC[C@@H]3c3nccs3)nc2)n1. The van der Waals surface area contributed by atoms with Crippen LogP contribution < -0.4 is 4.90 Å². The predicted octanol–water partition coefficient (Wildman–Crippen LogP) is 3.47. The fourth-order valence-electron chi connectivity index (χ4n) is 3.10. The molecule has 4 heterocycles. The first-order valence-electron chi connectivity index (χ1n) is 8.29. The molecule has 8 heteroatoms. The zero-order valence-electron chi connectivity index (χ0n) is 14.0. The Labute approximate surface area is 149 Å². The van der Waals surface area contributed by atoms with Crippen molar-refractivity contribution < 1.29 is 9.26 Å². The molecule has 0 spiro atoms. The van der Waals surface area contributed by atoms with Crippen molar-refractivity contribution in [1.82, 2.24) is 20.1 Å². The van der Waals surface area contributed by atoms with E-state index in [4.69, 9.17) is 9.26 Å². The van der Waals surface area contributed by atoms with Crippen LogP contribution in [0.2, 0.25) is 0 Å². The molecular weight excluding hydrogens is 338 g/mol. The Balaban J connectivity index is 1.56. The standard InChI is InChI=1S/C17H19N5O2S/c1-23-11-14-20-16(24-21-14)12-5-6-15(19-10-12)22-8-3-2-4-13(22)17-18-7-9-25-17/h5-7,9-10,13H,2-4,8,11H2,1H3/t13-/m1/s1. The molecule has 1 aliphatic heterocycles. The first kappa shape index (κ1) is 16.2. The van der Waals surface area contributed by atoms with Gasteiger partial charge in [0.1, 0.15) is 17.4 Å². The molecule has 25 heavy (non-hydrogen) atoms. The van der Waals surface area contributed by atoms with Gasteiger partial charge in [-0.1, -0.05) is 5.16 Å². The lowest BCUT2D eigenvalue weighted by atomic mass is 10.0. The summed E-state index contributed by atoms with van der Waals surface area (Å²) in [5, 5.41) is 7.08. The van der Waals surface area contributed by atoms with Crippen LogP contribution in [0, 0.1) is 0 Å². The first-order chi connectivity index (χ1) is 12.3. The fraction of sp³-hybridized carbons (Fsp3) is 0.412. The molecule has 1 fully saturated rings. The summed E-state index contributed by atoms with van der Waals surface area (Å²) < 4.78 is 10.3. The van der Waals surface area contributed by atoms with Crippen molar-refractivity contribution in [2.24, 2.45) is 0 Å². The highest BCUT2D eigenvalue weighted by Crippen LogP contribution is 2.35. The van der Waals surface area contributed by atoms with E-state index >= 15 is 0 Å². The van der Waals surface area contributed by atoms with Crippen molar-refractivity contribution in [3.05, 3.63) is 40.7 Å². The highest BCUT2D eigenvalue weighted by Gasteiger charge is 2.27. The van der Waals surface area contributed by atoms with Crippen molar-refractivity contribution in [3.8, 4) is 11.5 Å². The largest absolute Gasteiger partial charge is 0.377 e. The van der Waals surface area contributed by atoms with E-state index < -0.39 is 0 Å². The van der Waals surface area contributed by atoms with E-state index in [1.54, 1.807) is 24.6 Å². The average molecular weight is 357 g/mol. The van der Waals surface area contributed by atoms with Crippen molar-refractivity contribution in [1.29, 1.82) is 0 Å². The first-order valence-corrected chi connectivity index (χ1v) is 9.17. The molecule has 3 aromatic rings. The smallest absolute Gasteiger partial charge is 0.259 e. The van der Waals surface area contributed by atoms with Gasteiger partial charge < -0.3 is 14.2 Å². The van der Waals surface area contributed by atoms with E-state index in [2.05, 4.69) is 25.0 Å². The van der Waals surface area contributed by atoms with Crippen molar-refractivity contribution in [3.63, 3.8) is 0 Å².